The van der Waals surface area contributed by atoms with Crippen molar-refractivity contribution in [1.29, 1.82) is 0 Å². The molecule has 1 rings (SSSR count). The fraction of sp³-hybridized carbons (Fsp3) is 0.917. The molecule has 1 heterocycles. The van der Waals surface area contributed by atoms with Crippen molar-refractivity contribution < 1.29 is 13.2 Å². The zero-order valence-corrected chi connectivity index (χ0v) is 12.9. The van der Waals surface area contributed by atoms with Crippen molar-refractivity contribution in [3.05, 3.63) is 0 Å². The van der Waals surface area contributed by atoms with Gasteiger partial charge in [0.15, 0.2) is 0 Å². The first-order valence-electron chi connectivity index (χ1n) is 7.09. The third-order valence-corrected chi connectivity index (χ3v) is 4.24. The molecule has 0 aromatic heterocycles. The minimum atomic E-state index is -3.66. The Morgan fingerprint density at radius 3 is 2.80 bits per heavy atom. The van der Waals surface area contributed by atoms with Crippen LogP contribution < -0.4 is 15.6 Å². The number of rotatable bonds is 7. The van der Waals surface area contributed by atoms with Gasteiger partial charge in [-0.15, -0.1) is 0 Å². The number of nitrogens with two attached hydrogens (primary N) is 2. The molecule has 1 fully saturated rings. The molecular weight excluding hydrogens is 280 g/mol. The van der Waals surface area contributed by atoms with Gasteiger partial charge in [0.05, 0.1) is 0 Å². The summed E-state index contributed by atoms with van der Waals surface area (Å²) in [6.45, 7) is 4.15. The number of piperidine rings is 1. The maximum Gasteiger partial charge on any atom is 0.274 e. The smallest absolute Gasteiger partial charge is 0.274 e. The van der Waals surface area contributed by atoms with E-state index in [-0.39, 0.29) is 17.7 Å². The van der Waals surface area contributed by atoms with E-state index in [9.17, 15) is 13.2 Å². The van der Waals surface area contributed by atoms with E-state index in [4.69, 9.17) is 10.9 Å². The molecule has 1 saturated heterocycles. The second-order valence-corrected chi connectivity index (χ2v) is 6.90. The molecule has 0 aromatic rings. The third-order valence-electron chi connectivity index (χ3n) is 3.67. The van der Waals surface area contributed by atoms with Crippen molar-refractivity contribution >= 4 is 16.1 Å². The van der Waals surface area contributed by atoms with Gasteiger partial charge in [0.2, 0.25) is 5.91 Å². The van der Waals surface area contributed by atoms with E-state index >= 15 is 0 Å². The second-order valence-electron chi connectivity index (χ2n) is 5.52. The number of nitrogens with zero attached hydrogens (tertiary/aromatic N) is 1. The van der Waals surface area contributed by atoms with Crippen LogP contribution in [0.15, 0.2) is 0 Å². The fourth-order valence-corrected chi connectivity index (χ4v) is 2.99. The van der Waals surface area contributed by atoms with Gasteiger partial charge in [0.1, 0.15) is 0 Å². The van der Waals surface area contributed by atoms with Gasteiger partial charge >= 0.3 is 0 Å². The van der Waals surface area contributed by atoms with Crippen LogP contribution in [0.4, 0.5) is 0 Å². The molecule has 118 valence electrons. The molecule has 7 nitrogen and oxygen atoms in total. The van der Waals surface area contributed by atoms with E-state index in [0.29, 0.717) is 19.6 Å². The maximum atomic E-state index is 12.3. The largest absolute Gasteiger partial charge is 0.342 e. The highest BCUT2D eigenvalue weighted by Crippen LogP contribution is 2.19. The molecule has 0 saturated carbocycles. The second kappa shape index (κ2) is 7.92. The lowest BCUT2D eigenvalue weighted by Crippen LogP contribution is -2.46. The van der Waals surface area contributed by atoms with Gasteiger partial charge in [-0.25, -0.2) is 9.86 Å². The molecule has 0 bridgehead atoms. The lowest BCUT2D eigenvalue weighted by molar-refractivity contribution is -0.137. The van der Waals surface area contributed by atoms with Crippen LogP contribution in [0.25, 0.3) is 0 Å². The van der Waals surface area contributed by atoms with Crippen LogP contribution in [0.3, 0.4) is 0 Å². The van der Waals surface area contributed by atoms with Gasteiger partial charge in [-0.05, 0) is 38.1 Å². The van der Waals surface area contributed by atoms with E-state index < -0.39 is 10.2 Å². The molecule has 0 aliphatic carbocycles. The fourth-order valence-electron chi connectivity index (χ4n) is 2.53. The van der Waals surface area contributed by atoms with Gasteiger partial charge in [-0.3, -0.25) is 4.79 Å². The quantitative estimate of drug-likeness (QED) is 0.581. The van der Waals surface area contributed by atoms with Gasteiger partial charge < -0.3 is 10.6 Å². The Labute approximate surface area is 121 Å². The Kier molecular flexibility index (Phi) is 6.87. The van der Waals surface area contributed by atoms with E-state index in [1.807, 2.05) is 11.8 Å². The predicted octanol–water partition coefficient (Wildman–Crippen LogP) is -0.607. The predicted molar refractivity (Wildman–Crippen MR) is 77.9 cm³/mol. The number of carbonyl (C=O) groups excluding carboxylic acids is 1. The average molecular weight is 306 g/mol. The summed E-state index contributed by atoms with van der Waals surface area (Å²) in [7, 11) is -3.66. The Balaban J connectivity index is 2.45. The van der Waals surface area contributed by atoms with Crippen molar-refractivity contribution in [2.75, 3.05) is 26.2 Å². The van der Waals surface area contributed by atoms with Crippen LogP contribution in [0.2, 0.25) is 0 Å². The lowest BCUT2D eigenvalue weighted by Gasteiger charge is -2.34. The normalized spacial score (nSPS) is 21.8. The summed E-state index contributed by atoms with van der Waals surface area (Å²) in [5.74, 6) is 0.245. The summed E-state index contributed by atoms with van der Waals surface area (Å²) in [5.41, 5.74) is 5.46. The summed E-state index contributed by atoms with van der Waals surface area (Å²) >= 11 is 0. The summed E-state index contributed by atoms with van der Waals surface area (Å²) in [6, 6.07) is 0. The van der Waals surface area contributed by atoms with Crippen molar-refractivity contribution in [1.82, 2.24) is 9.62 Å². The zero-order chi connectivity index (χ0) is 15.2. The van der Waals surface area contributed by atoms with Crippen LogP contribution >= 0.6 is 0 Å². The number of nitrogens with one attached hydrogen (secondary N) is 1. The van der Waals surface area contributed by atoms with Crippen LogP contribution in [0.5, 0.6) is 0 Å². The molecule has 2 unspecified atom stereocenters. The molecule has 8 heteroatoms. The van der Waals surface area contributed by atoms with Crippen molar-refractivity contribution in [3.63, 3.8) is 0 Å². The highest BCUT2D eigenvalue weighted by Gasteiger charge is 2.26. The SMILES string of the molecule is CC(CCCN)C(=O)N1CCCC(CNS(N)(=O)=O)C1. The van der Waals surface area contributed by atoms with Gasteiger partial charge in [0.25, 0.3) is 10.2 Å². The number of amides is 1. The minimum absolute atomic E-state index is 0.0245. The number of hydrogen-bond donors (Lipinski definition) is 3. The number of likely N-dealkylation sites (tertiary alicyclic amines) is 1. The molecule has 0 spiro atoms. The molecule has 1 aliphatic heterocycles. The molecule has 5 N–H and O–H groups in total. The number of hydrogen-bond acceptors (Lipinski definition) is 4. The summed E-state index contributed by atoms with van der Waals surface area (Å²) in [6.07, 6.45) is 3.44. The topological polar surface area (TPSA) is 119 Å². The zero-order valence-electron chi connectivity index (χ0n) is 12.0. The molecule has 2 atom stereocenters. The van der Waals surface area contributed by atoms with Gasteiger partial charge in [0, 0.05) is 25.6 Å². The maximum absolute atomic E-state index is 12.3. The summed E-state index contributed by atoms with van der Waals surface area (Å²) in [5, 5.41) is 4.92. The van der Waals surface area contributed by atoms with Crippen molar-refractivity contribution in [2.24, 2.45) is 22.7 Å². The first-order valence-corrected chi connectivity index (χ1v) is 8.64. The van der Waals surface area contributed by atoms with Gasteiger partial charge in [-0.2, -0.15) is 8.42 Å². The molecule has 0 aromatic carbocycles. The number of carbonyl (C=O) groups is 1. The Hall–Kier alpha value is -0.700. The highest BCUT2D eigenvalue weighted by atomic mass is 32.2. The van der Waals surface area contributed by atoms with Crippen molar-refractivity contribution in [3.8, 4) is 0 Å². The van der Waals surface area contributed by atoms with E-state index in [2.05, 4.69) is 4.72 Å². The van der Waals surface area contributed by atoms with E-state index in [1.54, 1.807) is 0 Å². The Morgan fingerprint density at radius 1 is 1.50 bits per heavy atom. The summed E-state index contributed by atoms with van der Waals surface area (Å²) < 4.78 is 24.1. The Morgan fingerprint density at radius 2 is 2.20 bits per heavy atom. The van der Waals surface area contributed by atoms with Crippen molar-refractivity contribution in [2.45, 2.75) is 32.6 Å². The molecule has 0 radical (unpaired) electrons. The monoisotopic (exact) mass is 306 g/mol. The lowest BCUT2D eigenvalue weighted by atomic mass is 9.96. The van der Waals surface area contributed by atoms with Crippen LogP contribution in [-0.4, -0.2) is 45.4 Å². The van der Waals surface area contributed by atoms with E-state index in [1.165, 1.54) is 0 Å². The van der Waals surface area contributed by atoms with E-state index in [0.717, 1.165) is 32.2 Å². The van der Waals surface area contributed by atoms with Gasteiger partial charge in [-0.1, -0.05) is 6.92 Å². The molecule has 1 aliphatic rings. The van der Waals surface area contributed by atoms with Crippen LogP contribution in [0.1, 0.15) is 32.6 Å². The molecule has 1 amide bonds. The Bertz CT molecular complexity index is 413. The third kappa shape index (κ3) is 6.17. The standard InChI is InChI=1S/C12H26N4O3S/c1-10(4-2-6-13)12(17)16-7-3-5-11(9-16)8-15-20(14,18)19/h10-11,15H,2-9,13H2,1H3,(H2,14,18,19). The van der Waals surface area contributed by atoms with Crippen LogP contribution in [-0.2, 0) is 15.0 Å². The first kappa shape index (κ1) is 17.4. The van der Waals surface area contributed by atoms with Crippen LogP contribution in [0, 0.1) is 11.8 Å². The first-order chi connectivity index (χ1) is 9.33. The molecule has 20 heavy (non-hydrogen) atoms. The summed E-state index contributed by atoms with van der Waals surface area (Å²) in [4.78, 5) is 14.1. The average Bonchev–Trinajstić information content (AvgIpc) is 2.41. The highest BCUT2D eigenvalue weighted by molar-refractivity contribution is 7.87. The minimum Gasteiger partial charge on any atom is -0.342 e. The molecular formula is C12H26N4O3S.